The van der Waals surface area contributed by atoms with E-state index in [0.29, 0.717) is 37.4 Å². The number of amides is 2. The number of primary amides is 1. The summed E-state index contributed by atoms with van der Waals surface area (Å²) in [7, 11) is -3.22. The Morgan fingerprint density at radius 2 is 2.00 bits per heavy atom. The van der Waals surface area contributed by atoms with Crippen molar-refractivity contribution in [2.75, 3.05) is 29.5 Å². The number of carbonyl (C=O) groups is 2. The van der Waals surface area contributed by atoms with Gasteiger partial charge in [-0.3, -0.25) is 18.8 Å². The molecule has 4 rings (SSSR count). The molecule has 35 heavy (non-hydrogen) atoms. The lowest BCUT2D eigenvalue weighted by Gasteiger charge is -2.32. The van der Waals surface area contributed by atoms with Crippen molar-refractivity contribution in [1.82, 2.24) is 14.7 Å². The van der Waals surface area contributed by atoms with Crippen LogP contribution < -0.4 is 21.5 Å². The van der Waals surface area contributed by atoms with Crippen LogP contribution in [0, 0.1) is 24.2 Å². The van der Waals surface area contributed by atoms with Gasteiger partial charge in [0, 0.05) is 31.2 Å². The van der Waals surface area contributed by atoms with E-state index in [1.807, 2.05) is 24.0 Å². The summed E-state index contributed by atoms with van der Waals surface area (Å²) in [6.45, 7) is 2.68. The maximum Gasteiger partial charge on any atom is 0.267 e. The summed E-state index contributed by atoms with van der Waals surface area (Å²) in [5.74, 6) is -1.28. The number of pyridine rings is 1. The highest BCUT2D eigenvalue weighted by molar-refractivity contribution is 7.91. The van der Waals surface area contributed by atoms with Crippen molar-refractivity contribution in [1.29, 1.82) is 5.26 Å². The van der Waals surface area contributed by atoms with Crippen LogP contribution in [0.1, 0.15) is 30.4 Å². The number of nitrogens with two attached hydrogens (primary N) is 1. The molecule has 4 heterocycles. The minimum atomic E-state index is -3.22. The van der Waals surface area contributed by atoms with E-state index < -0.39 is 27.3 Å². The van der Waals surface area contributed by atoms with Crippen LogP contribution in [-0.4, -0.2) is 60.3 Å². The lowest BCUT2D eigenvalue weighted by atomic mass is 9.96. The second-order valence-electron chi connectivity index (χ2n) is 8.95. The molecule has 2 aliphatic heterocycles. The molecule has 184 valence electrons. The number of nitrogens with zero attached hydrogens (tertiary/aromatic N) is 4. The predicted molar refractivity (Wildman–Crippen MR) is 129 cm³/mol. The van der Waals surface area contributed by atoms with Crippen molar-refractivity contribution in [2.45, 2.75) is 32.2 Å². The summed E-state index contributed by atoms with van der Waals surface area (Å²) in [6.07, 6.45) is 4.03. The average Bonchev–Trinajstić information content (AvgIpc) is 3.16. The van der Waals surface area contributed by atoms with Crippen LogP contribution in [0.25, 0.3) is 11.7 Å². The highest BCUT2D eigenvalue weighted by Crippen LogP contribution is 2.26. The summed E-state index contributed by atoms with van der Waals surface area (Å²) in [4.78, 5) is 44.4. The lowest BCUT2D eigenvalue weighted by Crippen LogP contribution is -2.40. The number of fused-ring (bicyclic) bond motifs is 1. The highest BCUT2D eigenvalue weighted by atomic mass is 32.2. The molecule has 0 aromatic carbocycles. The van der Waals surface area contributed by atoms with Gasteiger partial charge in [-0.25, -0.2) is 13.4 Å². The van der Waals surface area contributed by atoms with Crippen molar-refractivity contribution >= 4 is 39.2 Å². The van der Waals surface area contributed by atoms with Gasteiger partial charge in [-0.15, -0.1) is 0 Å². The van der Waals surface area contributed by atoms with Crippen molar-refractivity contribution in [3.63, 3.8) is 0 Å². The molecule has 2 amide bonds. The minimum absolute atomic E-state index is 0.0236. The second kappa shape index (κ2) is 9.50. The molecule has 2 aromatic heterocycles. The van der Waals surface area contributed by atoms with Crippen LogP contribution in [0.4, 0.5) is 5.82 Å². The summed E-state index contributed by atoms with van der Waals surface area (Å²) >= 11 is 0. The third-order valence-electron chi connectivity index (χ3n) is 6.48. The molecule has 0 radical (unpaired) electrons. The monoisotopic (exact) mass is 498 g/mol. The van der Waals surface area contributed by atoms with Gasteiger partial charge in [0.2, 0.25) is 5.91 Å². The molecule has 2 aliphatic rings. The van der Waals surface area contributed by atoms with Gasteiger partial charge in [0.25, 0.3) is 11.5 Å². The van der Waals surface area contributed by atoms with Gasteiger partial charge in [0.15, 0.2) is 9.84 Å². The predicted octanol–water partition coefficient (Wildman–Crippen LogP) is -0.0851. The zero-order chi connectivity index (χ0) is 25.3. The molecule has 3 N–H and O–H groups in total. The first kappa shape index (κ1) is 24.4. The molecule has 0 bridgehead atoms. The lowest BCUT2D eigenvalue weighted by molar-refractivity contribution is -0.122. The fraction of sp³-hybridized carbons (Fsp3) is 0.435. The number of carbonyl (C=O) groups excluding carboxylic acids is 2. The van der Waals surface area contributed by atoms with E-state index >= 15 is 0 Å². The Morgan fingerprint density at radius 3 is 2.60 bits per heavy atom. The molecule has 0 saturated carbocycles. The van der Waals surface area contributed by atoms with Crippen LogP contribution >= 0.6 is 0 Å². The average molecular weight is 499 g/mol. The molecule has 0 spiro atoms. The van der Waals surface area contributed by atoms with Gasteiger partial charge in [0.05, 0.1) is 17.1 Å². The molecule has 2 saturated heterocycles. The van der Waals surface area contributed by atoms with Crippen LogP contribution in [0.2, 0.25) is 0 Å². The Morgan fingerprint density at radius 1 is 1.29 bits per heavy atom. The number of aryl methyl sites for hydroxylation is 1. The second-order valence-corrected chi connectivity index (χ2v) is 11.2. The van der Waals surface area contributed by atoms with Crippen molar-refractivity contribution in [3.05, 3.63) is 45.4 Å². The Labute approximate surface area is 202 Å². The third-order valence-corrected chi connectivity index (χ3v) is 8.25. The molecule has 2 fully saturated rings. The summed E-state index contributed by atoms with van der Waals surface area (Å²) in [5.41, 5.74) is 5.96. The van der Waals surface area contributed by atoms with Gasteiger partial charge in [-0.2, -0.15) is 5.26 Å². The van der Waals surface area contributed by atoms with Crippen molar-refractivity contribution in [3.8, 4) is 6.07 Å². The van der Waals surface area contributed by atoms with Gasteiger partial charge in [-0.1, -0.05) is 6.07 Å². The number of piperidine rings is 1. The molecule has 2 aromatic rings. The zero-order valence-corrected chi connectivity index (χ0v) is 20.0. The standard InChI is InChI=1S/C23H26N6O5S/c1-14-3-2-7-29-20(14)27-21(28-8-4-15(5-9-28)19(25)30)18(23(29)32)11-16(12-24)22(31)26-17-6-10-35(33,34)13-17/h2-3,7,11,15,17H,4-6,8-10,13H2,1H3,(H2,25,30)(H,26,31)/b16-11+/t17-/m0/s1. The summed E-state index contributed by atoms with van der Waals surface area (Å²) in [6, 6.07) is 4.77. The Balaban J connectivity index is 1.75. The van der Waals surface area contributed by atoms with Gasteiger partial charge < -0.3 is 16.0 Å². The molecule has 1 atom stereocenters. The normalized spacial score (nSPS) is 20.5. The van der Waals surface area contributed by atoms with E-state index in [1.54, 1.807) is 12.3 Å². The number of nitrogens with one attached hydrogen (secondary N) is 1. The van der Waals surface area contributed by atoms with Crippen molar-refractivity contribution in [2.24, 2.45) is 11.7 Å². The maximum absolute atomic E-state index is 13.5. The van der Waals surface area contributed by atoms with Crippen LogP contribution in [0.5, 0.6) is 0 Å². The largest absolute Gasteiger partial charge is 0.369 e. The fourth-order valence-corrected chi connectivity index (χ4v) is 6.18. The minimum Gasteiger partial charge on any atom is -0.369 e. The first-order valence-corrected chi connectivity index (χ1v) is 13.1. The number of rotatable bonds is 5. The van der Waals surface area contributed by atoms with Gasteiger partial charge >= 0.3 is 0 Å². The van der Waals surface area contributed by atoms with E-state index in [1.165, 1.54) is 10.5 Å². The number of sulfone groups is 1. The molecule has 0 unspecified atom stereocenters. The van der Waals surface area contributed by atoms with Crippen LogP contribution in [0.3, 0.4) is 0 Å². The van der Waals surface area contributed by atoms with E-state index in [0.717, 1.165) is 5.56 Å². The van der Waals surface area contributed by atoms with Gasteiger partial charge in [-0.05, 0) is 43.9 Å². The van der Waals surface area contributed by atoms with Crippen LogP contribution in [-0.2, 0) is 19.4 Å². The highest BCUT2D eigenvalue weighted by Gasteiger charge is 2.30. The topological polar surface area (TPSA) is 168 Å². The van der Waals surface area contributed by atoms with Crippen LogP contribution in [0.15, 0.2) is 28.7 Å². The molecule has 12 heteroatoms. The number of aromatic nitrogens is 2. The zero-order valence-electron chi connectivity index (χ0n) is 19.2. The number of anilines is 1. The fourth-order valence-electron chi connectivity index (χ4n) is 4.51. The number of nitriles is 1. The maximum atomic E-state index is 13.5. The van der Waals surface area contributed by atoms with E-state index in [-0.39, 0.29) is 40.9 Å². The third kappa shape index (κ3) is 5.05. The van der Waals surface area contributed by atoms with E-state index in [2.05, 4.69) is 5.32 Å². The number of hydrogen-bond donors (Lipinski definition) is 2. The molecule has 0 aliphatic carbocycles. The SMILES string of the molecule is Cc1cccn2c(=O)c(/C=C(\C#N)C(=O)N[C@H]3CCS(=O)(=O)C3)c(N3CCC(C(N)=O)CC3)nc12. The van der Waals surface area contributed by atoms with E-state index in [9.17, 15) is 28.1 Å². The van der Waals surface area contributed by atoms with E-state index in [4.69, 9.17) is 10.7 Å². The molecular weight excluding hydrogens is 472 g/mol. The first-order chi connectivity index (χ1) is 16.6. The smallest absolute Gasteiger partial charge is 0.267 e. The first-order valence-electron chi connectivity index (χ1n) is 11.3. The van der Waals surface area contributed by atoms with Crippen molar-refractivity contribution < 1.29 is 18.0 Å². The Hall–Kier alpha value is -3.72. The molecule has 11 nitrogen and oxygen atoms in total. The molecular formula is C23H26N6O5S. The van der Waals surface area contributed by atoms with Gasteiger partial charge in [0.1, 0.15) is 23.1 Å². The Bertz CT molecular complexity index is 1430. The number of hydrogen-bond acceptors (Lipinski definition) is 8. The summed E-state index contributed by atoms with van der Waals surface area (Å²) in [5, 5.41) is 12.3. The summed E-state index contributed by atoms with van der Waals surface area (Å²) < 4.78 is 24.8. The Kier molecular flexibility index (Phi) is 6.62. The quantitative estimate of drug-likeness (QED) is 0.426.